The van der Waals surface area contributed by atoms with Crippen LogP contribution < -0.4 is 0 Å². The fourth-order valence-electron chi connectivity index (χ4n) is 0.568. The van der Waals surface area contributed by atoms with Gasteiger partial charge in [-0.05, 0) is 0 Å². The van der Waals surface area contributed by atoms with Crippen molar-refractivity contribution in [1.29, 1.82) is 0 Å². The first kappa shape index (κ1) is 4.09. The summed E-state index contributed by atoms with van der Waals surface area (Å²) in [5, 5.41) is 0. The summed E-state index contributed by atoms with van der Waals surface area (Å²) < 4.78 is 19.1. The quantitative estimate of drug-likeness (QED) is 0.577. The molecule has 50 valence electrons. The van der Waals surface area contributed by atoms with Gasteiger partial charge in [-0.25, -0.2) is 4.98 Å². The van der Waals surface area contributed by atoms with Crippen molar-refractivity contribution in [3.8, 4) is 0 Å². The van der Waals surface area contributed by atoms with Crippen molar-refractivity contribution in [3.05, 3.63) is 17.8 Å². The van der Waals surface area contributed by atoms with Crippen molar-refractivity contribution in [3.63, 3.8) is 0 Å². The predicted molar refractivity (Wildman–Crippen MR) is 35.3 cm³/mol. The van der Waals surface area contributed by atoms with Crippen molar-refractivity contribution < 1.29 is 7.16 Å². The van der Waals surface area contributed by atoms with Gasteiger partial charge < -0.3 is 4.42 Å². The lowest BCUT2D eigenvalue weighted by Crippen LogP contribution is -1.80. The molecule has 0 aliphatic carbocycles. The van der Waals surface area contributed by atoms with Crippen molar-refractivity contribution >= 4 is 0 Å². The maximum Gasteiger partial charge on any atom is 0.191 e. The van der Waals surface area contributed by atoms with Crippen LogP contribution in [0.25, 0.3) is 0 Å². The van der Waals surface area contributed by atoms with Gasteiger partial charge in [-0.3, -0.25) is 0 Å². The van der Waals surface area contributed by atoms with Crippen molar-refractivity contribution in [1.82, 2.24) is 4.98 Å². The maximum absolute atomic E-state index is 6.98. The Morgan fingerprint density at radius 2 is 2.56 bits per heavy atom. The van der Waals surface area contributed by atoms with Crippen LogP contribution in [0.4, 0.5) is 0 Å². The standard InChI is InChI=1S/C7H11NO/c1-5(2)7-4-8-6(3)9-7/h4-5H,1-3H3/i3D2. The number of aryl methyl sites for hydroxylation is 1. The van der Waals surface area contributed by atoms with Crippen molar-refractivity contribution in [2.45, 2.75) is 26.6 Å². The Balaban J connectivity index is 2.82. The summed E-state index contributed by atoms with van der Waals surface area (Å²) in [6, 6.07) is 0. The summed E-state index contributed by atoms with van der Waals surface area (Å²) in [5.74, 6) is 1.19. The van der Waals surface area contributed by atoms with Crippen LogP contribution in [0.15, 0.2) is 10.6 Å². The Kier molecular flexibility index (Phi) is 1.01. The highest BCUT2D eigenvalue weighted by atomic mass is 16.4. The molecule has 1 heterocycles. The number of hydrogen-bond acceptors (Lipinski definition) is 2. The molecule has 1 rings (SSSR count). The zero-order valence-corrected chi connectivity index (χ0v) is 5.59. The molecular formula is C7H11NO. The molecule has 0 aliphatic heterocycles. The van der Waals surface area contributed by atoms with E-state index in [1.54, 1.807) is 6.20 Å². The Morgan fingerprint density at radius 3 is 2.89 bits per heavy atom. The summed E-state index contributed by atoms with van der Waals surface area (Å²) >= 11 is 0. The van der Waals surface area contributed by atoms with Gasteiger partial charge in [0.15, 0.2) is 5.89 Å². The van der Waals surface area contributed by atoms with E-state index in [0.29, 0.717) is 0 Å². The van der Waals surface area contributed by atoms with Gasteiger partial charge in [0.2, 0.25) is 0 Å². The third-order valence-corrected chi connectivity index (χ3v) is 1.11. The molecule has 0 bridgehead atoms. The topological polar surface area (TPSA) is 26.0 Å². The molecule has 0 radical (unpaired) electrons. The van der Waals surface area contributed by atoms with Crippen LogP contribution in [0.1, 0.15) is 34.2 Å². The average molecular weight is 127 g/mol. The summed E-state index contributed by atoms with van der Waals surface area (Å²) in [6.07, 6.45) is 1.58. The molecule has 0 aromatic carbocycles. The minimum absolute atomic E-state index is 0.175. The fourth-order valence-corrected chi connectivity index (χ4v) is 0.568. The third-order valence-electron chi connectivity index (χ3n) is 1.11. The minimum Gasteiger partial charge on any atom is -0.446 e. The monoisotopic (exact) mass is 127 g/mol. The third kappa shape index (κ3) is 1.31. The molecule has 2 nitrogen and oxygen atoms in total. The SMILES string of the molecule is [2H]C([2H])c1ncc(C(C)C)o1. The van der Waals surface area contributed by atoms with E-state index in [2.05, 4.69) is 4.98 Å². The molecular weight excluding hydrogens is 114 g/mol. The Hall–Kier alpha value is -0.790. The summed E-state index contributed by atoms with van der Waals surface area (Å²) in [5.41, 5.74) is 0. The Labute approximate surface area is 57.7 Å². The van der Waals surface area contributed by atoms with Crippen LogP contribution >= 0.6 is 0 Å². The Morgan fingerprint density at radius 1 is 1.78 bits per heavy atom. The molecule has 0 spiro atoms. The van der Waals surface area contributed by atoms with E-state index in [0.717, 1.165) is 5.76 Å². The van der Waals surface area contributed by atoms with E-state index in [4.69, 9.17) is 7.16 Å². The van der Waals surface area contributed by atoms with Gasteiger partial charge >= 0.3 is 0 Å². The summed E-state index contributed by atoms with van der Waals surface area (Å²) in [7, 11) is 0. The maximum atomic E-state index is 6.98. The highest BCUT2D eigenvalue weighted by Crippen LogP contribution is 2.13. The normalized spacial score (nSPS) is 14.2. The molecule has 0 saturated heterocycles. The minimum atomic E-state index is -1.11. The van der Waals surface area contributed by atoms with Crippen LogP contribution in [-0.4, -0.2) is 4.98 Å². The lowest BCUT2D eigenvalue weighted by atomic mass is 10.2. The van der Waals surface area contributed by atoms with Gasteiger partial charge in [0.25, 0.3) is 0 Å². The largest absolute Gasteiger partial charge is 0.446 e. The zero-order chi connectivity index (χ0) is 8.43. The molecule has 0 N–H and O–H groups in total. The molecule has 2 heteroatoms. The highest BCUT2D eigenvalue weighted by Gasteiger charge is 2.02. The van der Waals surface area contributed by atoms with Crippen molar-refractivity contribution in [2.75, 3.05) is 0 Å². The van der Waals surface area contributed by atoms with Gasteiger partial charge in [0, 0.05) is 15.5 Å². The van der Waals surface area contributed by atoms with E-state index in [-0.39, 0.29) is 11.8 Å². The summed E-state index contributed by atoms with van der Waals surface area (Å²) in [6.45, 7) is 2.85. The highest BCUT2D eigenvalue weighted by molar-refractivity contribution is 4.97. The smallest absolute Gasteiger partial charge is 0.191 e. The molecule has 0 amide bonds. The first-order valence-corrected chi connectivity index (χ1v) is 2.91. The lowest BCUT2D eigenvalue weighted by molar-refractivity contribution is 0.456. The van der Waals surface area contributed by atoms with Gasteiger partial charge in [-0.1, -0.05) is 13.8 Å². The van der Waals surface area contributed by atoms with E-state index < -0.39 is 6.88 Å². The molecule has 0 saturated carbocycles. The van der Waals surface area contributed by atoms with E-state index in [9.17, 15) is 0 Å². The Bertz CT molecular complexity index is 210. The van der Waals surface area contributed by atoms with Crippen LogP contribution in [0.2, 0.25) is 0 Å². The first-order chi connectivity index (χ1) is 5.11. The van der Waals surface area contributed by atoms with Gasteiger partial charge in [-0.15, -0.1) is 0 Å². The van der Waals surface area contributed by atoms with E-state index >= 15 is 0 Å². The van der Waals surface area contributed by atoms with Crippen LogP contribution in [0.5, 0.6) is 0 Å². The van der Waals surface area contributed by atoms with Gasteiger partial charge in [0.05, 0.1) is 6.20 Å². The lowest BCUT2D eigenvalue weighted by Gasteiger charge is -1.94. The van der Waals surface area contributed by atoms with Gasteiger partial charge in [0.1, 0.15) is 5.76 Å². The fraction of sp³-hybridized carbons (Fsp3) is 0.571. The second-order valence-corrected chi connectivity index (χ2v) is 2.26. The zero-order valence-electron chi connectivity index (χ0n) is 7.59. The number of nitrogens with zero attached hydrogens (tertiary/aromatic N) is 1. The number of oxazole rings is 1. The molecule has 1 aromatic heterocycles. The van der Waals surface area contributed by atoms with E-state index in [1.165, 1.54) is 0 Å². The molecule has 0 atom stereocenters. The van der Waals surface area contributed by atoms with Crippen LogP contribution in [0.3, 0.4) is 0 Å². The average Bonchev–Trinajstić information content (AvgIpc) is 2.33. The second-order valence-electron chi connectivity index (χ2n) is 2.26. The van der Waals surface area contributed by atoms with Crippen LogP contribution in [0, 0.1) is 6.88 Å². The van der Waals surface area contributed by atoms with Gasteiger partial charge in [-0.2, -0.15) is 0 Å². The van der Waals surface area contributed by atoms with Crippen LogP contribution in [-0.2, 0) is 0 Å². The number of rotatable bonds is 1. The molecule has 0 aliphatic rings. The molecule has 0 fully saturated rings. The molecule has 0 unspecified atom stereocenters. The number of hydrogen-bond donors (Lipinski definition) is 0. The number of aromatic nitrogens is 1. The van der Waals surface area contributed by atoms with E-state index in [1.807, 2.05) is 13.8 Å². The summed E-state index contributed by atoms with van der Waals surface area (Å²) in [4.78, 5) is 3.80. The molecule has 9 heavy (non-hydrogen) atoms. The first-order valence-electron chi connectivity index (χ1n) is 4.07. The van der Waals surface area contributed by atoms with Crippen molar-refractivity contribution in [2.24, 2.45) is 0 Å². The second kappa shape index (κ2) is 2.21. The predicted octanol–water partition coefficient (Wildman–Crippen LogP) is 2.11. The molecule has 1 aromatic rings.